The Morgan fingerprint density at radius 2 is 1.91 bits per heavy atom. The monoisotopic (exact) mass is 339 g/mol. The summed E-state index contributed by atoms with van der Waals surface area (Å²) in [7, 11) is -3.16. The third-order valence-corrected chi connectivity index (χ3v) is 5.37. The van der Waals surface area contributed by atoms with E-state index < -0.39 is 15.8 Å². The third-order valence-electron chi connectivity index (χ3n) is 4.06. The molecule has 1 aromatic heterocycles. The van der Waals surface area contributed by atoms with Crippen LogP contribution in [0.15, 0.2) is 29.1 Å². The van der Waals surface area contributed by atoms with Crippen LogP contribution in [-0.4, -0.2) is 55.0 Å². The number of rotatable bonds is 3. The van der Waals surface area contributed by atoms with E-state index in [0.29, 0.717) is 43.8 Å². The molecule has 1 N–H and O–H groups in total. The summed E-state index contributed by atoms with van der Waals surface area (Å²) < 4.78 is 38.3. The molecule has 0 radical (unpaired) electrons. The summed E-state index contributed by atoms with van der Waals surface area (Å²) in [5.41, 5.74) is 0.619. The Hall–Kier alpha value is -1.77. The Kier molecular flexibility index (Phi) is 4.22. The average Bonchev–Trinajstić information content (AvgIpc) is 2.48. The lowest BCUT2D eigenvalue weighted by molar-refractivity contribution is 0.180. The van der Waals surface area contributed by atoms with Gasteiger partial charge in [-0.3, -0.25) is 9.69 Å². The zero-order chi connectivity index (χ0) is 16.6. The Morgan fingerprint density at radius 3 is 2.57 bits per heavy atom. The number of H-pyrrole nitrogens is 1. The van der Waals surface area contributed by atoms with Gasteiger partial charge in [0.1, 0.15) is 5.82 Å². The van der Waals surface area contributed by atoms with Crippen molar-refractivity contribution in [2.24, 2.45) is 0 Å². The fourth-order valence-corrected chi connectivity index (χ4v) is 3.66. The highest BCUT2D eigenvalue weighted by molar-refractivity contribution is 7.88. The molecular formula is C15H18FN3O3S. The van der Waals surface area contributed by atoms with E-state index in [4.69, 9.17) is 0 Å². The van der Waals surface area contributed by atoms with Gasteiger partial charge in [-0.2, -0.15) is 4.31 Å². The topological polar surface area (TPSA) is 73.5 Å². The first-order valence-corrected chi connectivity index (χ1v) is 9.17. The lowest BCUT2D eigenvalue weighted by Gasteiger charge is -2.33. The fourth-order valence-electron chi connectivity index (χ4n) is 2.83. The zero-order valence-electron chi connectivity index (χ0n) is 12.8. The first-order valence-electron chi connectivity index (χ1n) is 7.32. The van der Waals surface area contributed by atoms with Crippen LogP contribution in [0.2, 0.25) is 0 Å². The van der Waals surface area contributed by atoms with Gasteiger partial charge in [-0.1, -0.05) is 6.07 Å². The van der Waals surface area contributed by atoms with Crippen LogP contribution in [0.5, 0.6) is 0 Å². The van der Waals surface area contributed by atoms with E-state index in [1.54, 1.807) is 6.07 Å². The van der Waals surface area contributed by atoms with Gasteiger partial charge in [0.2, 0.25) is 10.0 Å². The molecule has 0 bridgehead atoms. The number of benzene rings is 1. The second-order valence-corrected chi connectivity index (χ2v) is 7.74. The van der Waals surface area contributed by atoms with Gasteiger partial charge in [-0.05, 0) is 12.1 Å². The number of fused-ring (bicyclic) bond motifs is 1. The van der Waals surface area contributed by atoms with E-state index >= 15 is 0 Å². The maximum absolute atomic E-state index is 13.9. The van der Waals surface area contributed by atoms with E-state index in [2.05, 4.69) is 4.98 Å². The summed E-state index contributed by atoms with van der Waals surface area (Å²) >= 11 is 0. The molecule has 124 valence electrons. The van der Waals surface area contributed by atoms with Gasteiger partial charge in [-0.25, -0.2) is 12.8 Å². The number of para-hydroxylation sites is 1. The number of aromatic nitrogens is 1. The van der Waals surface area contributed by atoms with Crippen LogP contribution in [0.3, 0.4) is 0 Å². The number of piperazine rings is 1. The Labute approximate surface area is 133 Å². The minimum atomic E-state index is -3.16. The van der Waals surface area contributed by atoms with E-state index in [1.807, 2.05) is 4.90 Å². The molecular weight excluding hydrogens is 321 g/mol. The molecule has 1 aliphatic rings. The van der Waals surface area contributed by atoms with Gasteiger partial charge >= 0.3 is 0 Å². The molecule has 3 rings (SSSR count). The molecule has 1 saturated heterocycles. The minimum absolute atomic E-state index is 0.213. The highest BCUT2D eigenvalue weighted by Crippen LogP contribution is 2.14. The molecule has 0 atom stereocenters. The van der Waals surface area contributed by atoms with Crippen LogP contribution in [0, 0.1) is 5.82 Å². The first-order chi connectivity index (χ1) is 10.8. The Bertz CT molecular complexity index is 886. The fraction of sp³-hybridized carbons (Fsp3) is 0.400. The summed E-state index contributed by atoms with van der Waals surface area (Å²) in [4.78, 5) is 17.1. The van der Waals surface area contributed by atoms with Gasteiger partial charge in [-0.15, -0.1) is 0 Å². The van der Waals surface area contributed by atoms with Gasteiger partial charge in [0.15, 0.2) is 5.43 Å². The summed E-state index contributed by atoms with van der Waals surface area (Å²) in [6, 6.07) is 5.89. The minimum Gasteiger partial charge on any atom is -0.355 e. The largest absolute Gasteiger partial charge is 0.355 e. The van der Waals surface area contributed by atoms with Crippen molar-refractivity contribution in [3.05, 3.63) is 46.0 Å². The van der Waals surface area contributed by atoms with E-state index in [0.717, 1.165) is 0 Å². The number of sulfonamides is 1. The van der Waals surface area contributed by atoms with Crippen molar-refractivity contribution in [1.29, 1.82) is 0 Å². The molecule has 23 heavy (non-hydrogen) atoms. The lowest BCUT2D eigenvalue weighted by atomic mass is 10.2. The van der Waals surface area contributed by atoms with E-state index in [-0.39, 0.29) is 10.9 Å². The summed E-state index contributed by atoms with van der Waals surface area (Å²) in [5.74, 6) is -0.455. The highest BCUT2D eigenvalue weighted by atomic mass is 32.2. The molecule has 2 aromatic rings. The number of nitrogens with one attached hydrogen (secondary N) is 1. The zero-order valence-corrected chi connectivity index (χ0v) is 13.6. The predicted octanol–water partition coefficient (Wildman–Crippen LogP) is 0.744. The van der Waals surface area contributed by atoms with Gasteiger partial charge < -0.3 is 4.98 Å². The van der Waals surface area contributed by atoms with E-state index in [1.165, 1.54) is 28.8 Å². The van der Waals surface area contributed by atoms with Gasteiger partial charge in [0.25, 0.3) is 0 Å². The second kappa shape index (κ2) is 6.03. The first kappa shape index (κ1) is 16.1. The highest BCUT2D eigenvalue weighted by Gasteiger charge is 2.23. The Balaban J connectivity index is 1.78. The van der Waals surface area contributed by atoms with Crippen molar-refractivity contribution in [3.63, 3.8) is 0 Å². The lowest BCUT2D eigenvalue weighted by Crippen LogP contribution is -2.47. The van der Waals surface area contributed by atoms with Crippen LogP contribution in [0.25, 0.3) is 10.9 Å². The number of hydrogen-bond acceptors (Lipinski definition) is 4. The maximum Gasteiger partial charge on any atom is 0.211 e. The summed E-state index contributed by atoms with van der Waals surface area (Å²) in [5, 5.41) is 0.329. The van der Waals surface area contributed by atoms with Crippen LogP contribution in [0.4, 0.5) is 4.39 Å². The van der Waals surface area contributed by atoms with Crippen molar-refractivity contribution in [3.8, 4) is 0 Å². The molecule has 1 aliphatic heterocycles. The van der Waals surface area contributed by atoms with E-state index in [9.17, 15) is 17.6 Å². The molecule has 0 spiro atoms. The predicted molar refractivity (Wildman–Crippen MR) is 86.2 cm³/mol. The number of pyridine rings is 1. The molecule has 1 fully saturated rings. The molecule has 0 saturated carbocycles. The molecule has 0 unspecified atom stereocenters. The second-order valence-electron chi connectivity index (χ2n) is 5.76. The van der Waals surface area contributed by atoms with Crippen LogP contribution in [0.1, 0.15) is 5.69 Å². The molecule has 0 amide bonds. The van der Waals surface area contributed by atoms with Crippen molar-refractivity contribution in [2.45, 2.75) is 6.54 Å². The normalized spacial score (nSPS) is 17.7. The maximum atomic E-state index is 13.9. The van der Waals surface area contributed by atoms with Gasteiger partial charge in [0.05, 0.1) is 11.8 Å². The average molecular weight is 339 g/mol. The Morgan fingerprint density at radius 1 is 1.22 bits per heavy atom. The van der Waals surface area contributed by atoms with Crippen LogP contribution < -0.4 is 5.43 Å². The number of halogens is 1. The van der Waals surface area contributed by atoms with Gasteiger partial charge in [0, 0.05) is 49.9 Å². The van der Waals surface area contributed by atoms with Crippen molar-refractivity contribution in [2.75, 3.05) is 32.4 Å². The van der Waals surface area contributed by atoms with Crippen molar-refractivity contribution in [1.82, 2.24) is 14.2 Å². The standard InChI is InChI=1S/C15H18FN3O3S/c1-23(21,22)19-7-5-18(6-8-19)10-11-9-14(20)12-3-2-4-13(16)15(12)17-11/h2-4,9H,5-8,10H2,1H3,(H,17,20). The van der Waals surface area contributed by atoms with Crippen LogP contribution >= 0.6 is 0 Å². The molecule has 8 heteroatoms. The smallest absolute Gasteiger partial charge is 0.211 e. The number of hydrogen-bond donors (Lipinski definition) is 1. The number of aromatic amines is 1. The van der Waals surface area contributed by atoms with Crippen molar-refractivity contribution < 1.29 is 12.8 Å². The van der Waals surface area contributed by atoms with Crippen molar-refractivity contribution >= 4 is 20.9 Å². The summed E-state index contributed by atoms with van der Waals surface area (Å²) in [6.07, 6.45) is 1.20. The number of nitrogens with zero attached hydrogens (tertiary/aromatic N) is 2. The summed E-state index contributed by atoms with van der Waals surface area (Å²) in [6.45, 7) is 2.45. The molecule has 6 nitrogen and oxygen atoms in total. The third kappa shape index (κ3) is 3.44. The quantitative estimate of drug-likeness (QED) is 0.895. The molecule has 1 aromatic carbocycles. The SMILES string of the molecule is CS(=O)(=O)N1CCN(Cc2cc(=O)c3cccc(F)c3[nH]2)CC1. The van der Waals surface area contributed by atoms with Crippen LogP contribution in [-0.2, 0) is 16.6 Å². The molecule has 0 aliphatic carbocycles. The molecule has 2 heterocycles.